The van der Waals surface area contributed by atoms with Crippen molar-refractivity contribution in [3.05, 3.63) is 131 Å². The molecule has 0 bridgehead atoms. The third-order valence-corrected chi connectivity index (χ3v) is 9.24. The van der Waals surface area contributed by atoms with E-state index in [0.29, 0.717) is 11.5 Å². The Labute approximate surface area is 304 Å². The van der Waals surface area contributed by atoms with Crippen LogP contribution in [0.4, 0.5) is 0 Å². The second-order valence-electron chi connectivity index (χ2n) is 14.9. The Balaban J connectivity index is 0.00000417. The van der Waals surface area contributed by atoms with Gasteiger partial charge < -0.3 is 9.30 Å². The van der Waals surface area contributed by atoms with Crippen LogP contribution in [-0.2, 0) is 31.9 Å². The number of rotatable bonds is 5. The normalized spacial score (nSPS) is 12.0. The van der Waals surface area contributed by atoms with Gasteiger partial charge in [-0.25, -0.2) is 4.98 Å². The second kappa shape index (κ2) is 12.8. The summed E-state index contributed by atoms with van der Waals surface area (Å²) in [5.41, 5.74) is 11.7. The maximum atomic E-state index is 6.41. The molecule has 3 heterocycles. The minimum Gasteiger partial charge on any atom is -0.509 e. The summed E-state index contributed by atoms with van der Waals surface area (Å²) >= 11 is 0. The van der Waals surface area contributed by atoms with Crippen molar-refractivity contribution in [1.82, 2.24) is 19.3 Å². The third kappa shape index (κ3) is 6.37. The first-order valence-corrected chi connectivity index (χ1v) is 16.6. The molecule has 7 aromatic rings. The summed E-state index contributed by atoms with van der Waals surface area (Å²) in [6.45, 7) is 20.3. The van der Waals surface area contributed by atoms with Gasteiger partial charge in [0.25, 0.3) is 0 Å². The molecule has 0 spiro atoms. The van der Waals surface area contributed by atoms with Crippen LogP contribution in [0.2, 0.25) is 0 Å². The summed E-state index contributed by atoms with van der Waals surface area (Å²) in [4.78, 5) is 4.70. The molecule has 3 aromatic heterocycles. The number of para-hydroxylation sites is 1. The second-order valence-corrected chi connectivity index (χ2v) is 14.9. The summed E-state index contributed by atoms with van der Waals surface area (Å²) in [6.07, 6.45) is 5.92. The van der Waals surface area contributed by atoms with Crippen LogP contribution in [0, 0.1) is 32.9 Å². The van der Waals surface area contributed by atoms with Gasteiger partial charge in [0.05, 0.1) is 6.20 Å². The molecule has 0 aliphatic heterocycles. The first kappa shape index (κ1) is 34.4. The van der Waals surface area contributed by atoms with Crippen LogP contribution in [0.1, 0.15) is 69.4 Å². The van der Waals surface area contributed by atoms with E-state index in [1.54, 1.807) is 0 Å². The molecular formula is C43H42N4OPt. The molecule has 0 amide bonds. The monoisotopic (exact) mass is 825 g/mol. The predicted octanol–water partition coefficient (Wildman–Crippen LogP) is 10.9. The molecule has 0 aliphatic rings. The number of pyridine rings is 1. The minimum absolute atomic E-state index is 0. The average Bonchev–Trinajstić information content (AvgIpc) is 3.63. The Kier molecular flexibility index (Phi) is 8.96. The van der Waals surface area contributed by atoms with Crippen molar-refractivity contribution >= 4 is 21.8 Å². The van der Waals surface area contributed by atoms with Gasteiger partial charge in [0.15, 0.2) is 0 Å². The van der Waals surface area contributed by atoms with Crippen LogP contribution >= 0.6 is 0 Å². The van der Waals surface area contributed by atoms with E-state index in [1.807, 2.05) is 47.4 Å². The first-order chi connectivity index (χ1) is 22.8. The molecule has 0 aliphatic carbocycles. The Morgan fingerprint density at radius 3 is 2.10 bits per heavy atom. The molecule has 5 nitrogen and oxygen atoms in total. The van der Waals surface area contributed by atoms with Gasteiger partial charge in [-0.1, -0.05) is 71.3 Å². The maximum Gasteiger partial charge on any atom is 2.00 e. The number of nitrogens with zero attached hydrogens (tertiary/aromatic N) is 4. The van der Waals surface area contributed by atoms with Gasteiger partial charge in [-0.15, -0.1) is 35.7 Å². The number of hydrogen-bond acceptors (Lipinski definition) is 3. The molecule has 4 aromatic carbocycles. The fraction of sp³-hybridized carbons (Fsp3) is 0.256. The molecule has 0 saturated heterocycles. The van der Waals surface area contributed by atoms with Crippen LogP contribution in [0.15, 0.2) is 91.4 Å². The zero-order valence-corrected chi connectivity index (χ0v) is 31.9. The van der Waals surface area contributed by atoms with Crippen molar-refractivity contribution in [1.29, 1.82) is 0 Å². The van der Waals surface area contributed by atoms with Crippen molar-refractivity contribution in [3.8, 4) is 34.1 Å². The molecule has 7 rings (SSSR count). The van der Waals surface area contributed by atoms with Crippen molar-refractivity contribution in [3.63, 3.8) is 0 Å². The summed E-state index contributed by atoms with van der Waals surface area (Å²) in [5.74, 6) is 2.05. The molecule has 6 heteroatoms. The Morgan fingerprint density at radius 2 is 1.41 bits per heavy atom. The van der Waals surface area contributed by atoms with Crippen LogP contribution < -0.4 is 4.74 Å². The van der Waals surface area contributed by atoms with Crippen molar-refractivity contribution in [2.24, 2.45) is 0 Å². The largest absolute Gasteiger partial charge is 2.00 e. The zero-order chi connectivity index (χ0) is 34.0. The molecule has 0 saturated carbocycles. The summed E-state index contributed by atoms with van der Waals surface area (Å²) in [6, 6.07) is 31.8. The number of aryl methyl sites for hydroxylation is 1. The quantitative estimate of drug-likeness (QED) is 0.162. The molecule has 0 radical (unpaired) electrons. The van der Waals surface area contributed by atoms with Crippen LogP contribution in [0.3, 0.4) is 0 Å². The van der Waals surface area contributed by atoms with E-state index in [0.717, 1.165) is 44.4 Å². The van der Waals surface area contributed by atoms with Gasteiger partial charge >= 0.3 is 21.1 Å². The minimum atomic E-state index is 0. The van der Waals surface area contributed by atoms with Crippen LogP contribution in [0.25, 0.3) is 44.4 Å². The number of ether oxygens (including phenoxy) is 1. The van der Waals surface area contributed by atoms with Gasteiger partial charge in [0.1, 0.15) is 5.82 Å². The van der Waals surface area contributed by atoms with Gasteiger partial charge in [-0.3, -0.25) is 4.68 Å². The number of fused-ring (bicyclic) bond motifs is 3. The Bertz CT molecular complexity index is 2290. The van der Waals surface area contributed by atoms with E-state index in [4.69, 9.17) is 14.8 Å². The van der Waals surface area contributed by atoms with Gasteiger partial charge in [0.2, 0.25) is 0 Å². The number of hydrogen-bond donors (Lipinski definition) is 0. The number of aromatic nitrogens is 4. The molecule has 0 atom stereocenters. The van der Waals surface area contributed by atoms with Crippen LogP contribution in [0.5, 0.6) is 11.5 Å². The van der Waals surface area contributed by atoms with E-state index < -0.39 is 0 Å². The van der Waals surface area contributed by atoms with E-state index in [9.17, 15) is 0 Å². The molecule has 49 heavy (non-hydrogen) atoms. The van der Waals surface area contributed by atoms with E-state index in [-0.39, 0.29) is 31.9 Å². The molecular weight excluding hydrogens is 784 g/mol. The van der Waals surface area contributed by atoms with Crippen molar-refractivity contribution < 1.29 is 25.8 Å². The van der Waals surface area contributed by atoms with E-state index >= 15 is 0 Å². The molecule has 250 valence electrons. The van der Waals surface area contributed by atoms with E-state index in [1.165, 1.54) is 27.8 Å². The first-order valence-electron chi connectivity index (χ1n) is 16.6. The van der Waals surface area contributed by atoms with Gasteiger partial charge in [-0.05, 0) is 94.3 Å². The maximum absolute atomic E-state index is 6.41. The fourth-order valence-corrected chi connectivity index (χ4v) is 7.05. The summed E-state index contributed by atoms with van der Waals surface area (Å²) in [7, 11) is 0. The standard InChI is InChI=1S/C43H42N4O.Pt/c1-27-19-20-44-40(21-27)47-38-16-11-10-15-34(38)35-18-17-33(23-39(35)47)48-32-14-12-13-31(22-32)46-26-30(25-45-46)41-28(2)36(42(4,5)6)24-37(29(41)3)43(7,8)9;/h10-21,24-26H,1-9H3;/q-2;+2. The van der Waals surface area contributed by atoms with Crippen LogP contribution in [-0.4, -0.2) is 19.3 Å². The smallest absolute Gasteiger partial charge is 0.509 e. The average molecular weight is 826 g/mol. The van der Waals surface area contributed by atoms with Gasteiger partial charge in [0, 0.05) is 35.0 Å². The van der Waals surface area contributed by atoms with Crippen molar-refractivity contribution in [2.75, 3.05) is 0 Å². The molecule has 0 N–H and O–H groups in total. The molecule has 0 unspecified atom stereocenters. The number of benzene rings is 4. The molecule has 0 fully saturated rings. The Morgan fingerprint density at radius 1 is 0.714 bits per heavy atom. The van der Waals surface area contributed by atoms with Crippen molar-refractivity contribution in [2.45, 2.75) is 73.1 Å². The van der Waals surface area contributed by atoms with E-state index in [2.05, 4.69) is 128 Å². The SMILES string of the molecule is Cc1ccnc(-n2c3[c-]c(Oc4[c-]c(-n5cc(-c6c(C)c(C(C)(C)C)cc(C(C)(C)C)c6C)cn5)ccc4)ccc3c3ccccc32)c1.[Pt+2]. The summed E-state index contributed by atoms with van der Waals surface area (Å²) in [5, 5.41) is 7.05. The summed E-state index contributed by atoms with van der Waals surface area (Å²) < 4.78 is 10.4. The zero-order valence-electron chi connectivity index (χ0n) is 29.7. The fourth-order valence-electron chi connectivity index (χ4n) is 7.05. The van der Waals surface area contributed by atoms with Gasteiger partial charge in [-0.2, -0.15) is 17.2 Å². The topological polar surface area (TPSA) is 44.9 Å². The predicted molar refractivity (Wildman–Crippen MR) is 197 cm³/mol. The Hall–Kier alpha value is -4.47. The third-order valence-electron chi connectivity index (χ3n) is 9.24.